The molecule has 6 heteroatoms. The molecule has 0 unspecified atom stereocenters. The van der Waals surface area contributed by atoms with Gasteiger partial charge < -0.3 is 20.9 Å². The van der Waals surface area contributed by atoms with Gasteiger partial charge in [0.15, 0.2) is 0 Å². The van der Waals surface area contributed by atoms with Crippen molar-refractivity contribution >= 4 is 11.9 Å². The molecule has 0 saturated carbocycles. The number of methoxy groups -OCH3 is 1. The van der Waals surface area contributed by atoms with E-state index in [-0.39, 0.29) is 18.7 Å². The second-order valence-electron chi connectivity index (χ2n) is 4.11. The SMILES string of the molecule is COc1cccc(CNC(=O)CC[C@H](N)C(=O)O)c1. The number of benzene rings is 1. The molecule has 1 rings (SSSR count). The fraction of sp³-hybridized carbons (Fsp3) is 0.385. The van der Waals surface area contributed by atoms with E-state index in [2.05, 4.69) is 5.32 Å². The first-order chi connectivity index (χ1) is 9.02. The minimum atomic E-state index is -1.10. The highest BCUT2D eigenvalue weighted by Crippen LogP contribution is 2.12. The van der Waals surface area contributed by atoms with Crippen molar-refractivity contribution < 1.29 is 19.4 Å². The van der Waals surface area contributed by atoms with Crippen LogP contribution in [-0.4, -0.2) is 30.1 Å². The minimum Gasteiger partial charge on any atom is -0.497 e. The molecule has 104 valence electrons. The van der Waals surface area contributed by atoms with E-state index in [1.54, 1.807) is 7.11 Å². The van der Waals surface area contributed by atoms with Gasteiger partial charge in [-0.3, -0.25) is 9.59 Å². The first-order valence-electron chi connectivity index (χ1n) is 5.91. The lowest BCUT2D eigenvalue weighted by atomic mass is 10.1. The largest absolute Gasteiger partial charge is 0.497 e. The van der Waals surface area contributed by atoms with Crippen LogP contribution >= 0.6 is 0 Å². The van der Waals surface area contributed by atoms with Gasteiger partial charge >= 0.3 is 5.97 Å². The number of nitrogens with one attached hydrogen (secondary N) is 1. The zero-order valence-corrected chi connectivity index (χ0v) is 10.8. The third-order valence-electron chi connectivity index (χ3n) is 2.62. The number of carbonyl (C=O) groups excluding carboxylic acids is 1. The fourth-order valence-electron chi connectivity index (χ4n) is 1.48. The number of hydrogen-bond acceptors (Lipinski definition) is 4. The van der Waals surface area contributed by atoms with Gasteiger partial charge in [-0.15, -0.1) is 0 Å². The number of aliphatic carboxylic acids is 1. The van der Waals surface area contributed by atoms with Gasteiger partial charge in [0.1, 0.15) is 11.8 Å². The van der Waals surface area contributed by atoms with Crippen LogP contribution in [0.15, 0.2) is 24.3 Å². The molecule has 0 aromatic heterocycles. The number of carboxylic acids is 1. The summed E-state index contributed by atoms with van der Waals surface area (Å²) in [4.78, 5) is 22.0. The Kier molecular flexibility index (Phi) is 5.81. The van der Waals surface area contributed by atoms with Crippen molar-refractivity contribution in [1.82, 2.24) is 5.32 Å². The van der Waals surface area contributed by atoms with Crippen LogP contribution < -0.4 is 15.8 Å². The average molecular weight is 266 g/mol. The number of amides is 1. The summed E-state index contributed by atoms with van der Waals surface area (Å²) in [7, 11) is 1.57. The second-order valence-corrected chi connectivity index (χ2v) is 4.11. The van der Waals surface area contributed by atoms with Gasteiger partial charge in [-0.25, -0.2) is 0 Å². The predicted molar refractivity (Wildman–Crippen MR) is 69.7 cm³/mol. The molecule has 6 nitrogen and oxygen atoms in total. The maximum Gasteiger partial charge on any atom is 0.320 e. The highest BCUT2D eigenvalue weighted by atomic mass is 16.5. The average Bonchev–Trinajstić information content (AvgIpc) is 2.42. The Morgan fingerprint density at radius 2 is 2.21 bits per heavy atom. The summed E-state index contributed by atoms with van der Waals surface area (Å²) in [6.07, 6.45) is 0.219. The quantitative estimate of drug-likeness (QED) is 0.667. The topological polar surface area (TPSA) is 102 Å². The summed E-state index contributed by atoms with van der Waals surface area (Å²) in [6.45, 7) is 0.373. The molecule has 0 aliphatic rings. The molecule has 0 saturated heterocycles. The van der Waals surface area contributed by atoms with E-state index < -0.39 is 12.0 Å². The molecule has 19 heavy (non-hydrogen) atoms. The standard InChI is InChI=1S/C13H18N2O4/c1-19-10-4-2-3-9(7-10)8-15-12(16)6-5-11(14)13(17)18/h2-4,7,11H,5-6,8,14H2,1H3,(H,15,16)(H,17,18)/t11-/m0/s1. The van der Waals surface area contributed by atoms with Crippen LogP contribution in [0.5, 0.6) is 5.75 Å². The molecule has 1 aromatic carbocycles. The number of ether oxygens (including phenoxy) is 1. The van der Waals surface area contributed by atoms with E-state index in [1.807, 2.05) is 24.3 Å². The maximum atomic E-state index is 11.5. The van der Waals surface area contributed by atoms with Gasteiger partial charge in [-0.1, -0.05) is 12.1 Å². The molecule has 0 bridgehead atoms. The number of carboxylic acid groups (broad SMARTS) is 1. The van der Waals surface area contributed by atoms with Crippen LogP contribution in [0.25, 0.3) is 0 Å². The van der Waals surface area contributed by atoms with Crippen LogP contribution in [0.3, 0.4) is 0 Å². The molecule has 1 aromatic rings. The molecule has 0 heterocycles. The molecule has 1 amide bonds. The summed E-state index contributed by atoms with van der Waals surface area (Å²) >= 11 is 0. The van der Waals surface area contributed by atoms with Gasteiger partial charge in [-0.05, 0) is 24.1 Å². The van der Waals surface area contributed by atoms with Crippen molar-refractivity contribution in [2.75, 3.05) is 7.11 Å². The van der Waals surface area contributed by atoms with E-state index in [9.17, 15) is 9.59 Å². The smallest absolute Gasteiger partial charge is 0.320 e. The normalized spacial score (nSPS) is 11.7. The lowest BCUT2D eigenvalue weighted by molar-refractivity contribution is -0.138. The summed E-state index contributed by atoms with van der Waals surface area (Å²) in [5.74, 6) is -0.597. The first-order valence-corrected chi connectivity index (χ1v) is 5.91. The molecule has 0 fully saturated rings. The number of carbonyl (C=O) groups is 2. The molecule has 1 atom stereocenters. The van der Waals surface area contributed by atoms with E-state index >= 15 is 0 Å². The van der Waals surface area contributed by atoms with Crippen LogP contribution in [-0.2, 0) is 16.1 Å². The molecule has 0 spiro atoms. The number of nitrogens with two attached hydrogens (primary N) is 1. The third-order valence-corrected chi connectivity index (χ3v) is 2.62. The Bertz CT molecular complexity index is 448. The molecule has 0 aliphatic carbocycles. The Morgan fingerprint density at radius 3 is 2.84 bits per heavy atom. The maximum absolute atomic E-state index is 11.5. The van der Waals surface area contributed by atoms with Gasteiger partial charge in [0, 0.05) is 13.0 Å². The van der Waals surface area contributed by atoms with Gasteiger partial charge in [0.05, 0.1) is 7.11 Å². The van der Waals surface area contributed by atoms with Crippen LogP contribution in [0.1, 0.15) is 18.4 Å². The van der Waals surface area contributed by atoms with Crippen molar-refractivity contribution in [3.63, 3.8) is 0 Å². The zero-order valence-electron chi connectivity index (χ0n) is 10.8. The van der Waals surface area contributed by atoms with Crippen LogP contribution in [0.2, 0.25) is 0 Å². The first kappa shape index (κ1) is 15.0. The highest BCUT2D eigenvalue weighted by Gasteiger charge is 2.13. The Hall–Kier alpha value is -2.08. The molecular formula is C13H18N2O4. The Labute approximate surface area is 111 Å². The van der Waals surface area contributed by atoms with Gasteiger partial charge in [-0.2, -0.15) is 0 Å². The Morgan fingerprint density at radius 1 is 1.47 bits per heavy atom. The summed E-state index contributed by atoms with van der Waals surface area (Å²) in [6, 6.07) is 6.34. The van der Waals surface area contributed by atoms with E-state index in [4.69, 9.17) is 15.6 Å². The lowest BCUT2D eigenvalue weighted by Gasteiger charge is -2.08. The fourth-order valence-corrected chi connectivity index (χ4v) is 1.48. The monoisotopic (exact) mass is 266 g/mol. The summed E-state index contributed by atoms with van der Waals surface area (Å²) < 4.78 is 5.07. The zero-order chi connectivity index (χ0) is 14.3. The van der Waals surface area contributed by atoms with Crippen molar-refractivity contribution in [2.24, 2.45) is 5.73 Å². The molecule has 0 radical (unpaired) electrons. The third kappa shape index (κ3) is 5.39. The van der Waals surface area contributed by atoms with E-state index in [0.717, 1.165) is 11.3 Å². The van der Waals surface area contributed by atoms with Crippen molar-refractivity contribution in [1.29, 1.82) is 0 Å². The summed E-state index contributed by atoms with van der Waals surface area (Å²) in [5.41, 5.74) is 6.23. The van der Waals surface area contributed by atoms with Crippen molar-refractivity contribution in [3.8, 4) is 5.75 Å². The van der Waals surface area contributed by atoms with Gasteiger partial charge in [0.2, 0.25) is 5.91 Å². The molecule has 4 N–H and O–H groups in total. The molecule has 0 aliphatic heterocycles. The highest BCUT2D eigenvalue weighted by molar-refractivity contribution is 5.78. The minimum absolute atomic E-state index is 0.0947. The number of hydrogen-bond donors (Lipinski definition) is 3. The van der Waals surface area contributed by atoms with Gasteiger partial charge in [0.25, 0.3) is 0 Å². The number of rotatable bonds is 7. The van der Waals surface area contributed by atoms with E-state index in [0.29, 0.717) is 6.54 Å². The lowest BCUT2D eigenvalue weighted by Crippen LogP contribution is -2.32. The van der Waals surface area contributed by atoms with E-state index in [1.165, 1.54) is 0 Å². The van der Waals surface area contributed by atoms with Crippen molar-refractivity contribution in [3.05, 3.63) is 29.8 Å². The second kappa shape index (κ2) is 7.38. The summed E-state index contributed by atoms with van der Waals surface area (Å²) in [5, 5.41) is 11.3. The van der Waals surface area contributed by atoms with Crippen LogP contribution in [0.4, 0.5) is 0 Å². The predicted octanol–water partition coefficient (Wildman–Crippen LogP) is 0.504. The molecular weight excluding hydrogens is 248 g/mol. The Balaban J connectivity index is 2.35. The van der Waals surface area contributed by atoms with Crippen LogP contribution in [0, 0.1) is 0 Å². The van der Waals surface area contributed by atoms with Crippen molar-refractivity contribution in [2.45, 2.75) is 25.4 Å².